The molecule has 0 aromatic heterocycles. The first kappa shape index (κ1) is 13.6. The van der Waals surface area contributed by atoms with Gasteiger partial charge in [0.15, 0.2) is 0 Å². The summed E-state index contributed by atoms with van der Waals surface area (Å²) >= 11 is 0. The van der Waals surface area contributed by atoms with Gasteiger partial charge in [0.25, 0.3) is 0 Å². The van der Waals surface area contributed by atoms with Gasteiger partial charge in [-0.1, -0.05) is 24.3 Å². The molecule has 1 aliphatic heterocycles. The average Bonchev–Trinajstić information content (AvgIpc) is 2.77. The Morgan fingerprint density at radius 2 is 1.90 bits per heavy atom. The summed E-state index contributed by atoms with van der Waals surface area (Å²) in [5, 5.41) is 21.2. The summed E-state index contributed by atoms with van der Waals surface area (Å²) in [6.45, 7) is 3.96. The zero-order valence-electron chi connectivity index (χ0n) is 12.1. The fraction of sp³-hybridized carbons (Fsp3) is 0.588. The van der Waals surface area contributed by atoms with Gasteiger partial charge in [-0.05, 0) is 37.8 Å². The van der Waals surface area contributed by atoms with Crippen LogP contribution in [0.15, 0.2) is 24.3 Å². The molecule has 1 fully saturated rings. The van der Waals surface area contributed by atoms with Gasteiger partial charge >= 0.3 is 0 Å². The quantitative estimate of drug-likeness (QED) is 0.854. The van der Waals surface area contributed by atoms with E-state index in [4.69, 9.17) is 4.74 Å². The normalized spacial score (nSPS) is 40.1. The van der Waals surface area contributed by atoms with Crippen LogP contribution in [0.2, 0.25) is 0 Å². The second-order valence-electron chi connectivity index (χ2n) is 6.37. The topological polar surface area (TPSA) is 53.2 Å². The number of aryl methyl sites for hydroxylation is 1. The number of nitriles is 1. The Labute approximate surface area is 120 Å². The van der Waals surface area contributed by atoms with Gasteiger partial charge in [-0.15, -0.1) is 0 Å². The van der Waals surface area contributed by atoms with E-state index in [1.807, 2.05) is 32.0 Å². The zero-order valence-corrected chi connectivity index (χ0v) is 12.1. The molecule has 2 aliphatic rings. The van der Waals surface area contributed by atoms with Crippen LogP contribution < -0.4 is 0 Å². The Balaban J connectivity index is 2.09. The van der Waals surface area contributed by atoms with E-state index in [1.54, 1.807) is 0 Å². The lowest BCUT2D eigenvalue weighted by molar-refractivity contribution is -0.154. The molecular formula is C17H21NO2. The molecule has 3 heteroatoms. The number of hydrogen-bond acceptors (Lipinski definition) is 3. The van der Waals surface area contributed by atoms with Crippen LogP contribution in [-0.2, 0) is 16.6 Å². The van der Waals surface area contributed by atoms with Crippen LogP contribution in [0.1, 0.15) is 44.2 Å². The van der Waals surface area contributed by atoms with Crippen LogP contribution in [0.4, 0.5) is 0 Å². The average molecular weight is 271 g/mol. The van der Waals surface area contributed by atoms with Gasteiger partial charge in [0.2, 0.25) is 0 Å². The van der Waals surface area contributed by atoms with Crippen LogP contribution in [-0.4, -0.2) is 22.9 Å². The second kappa shape index (κ2) is 4.58. The summed E-state index contributed by atoms with van der Waals surface area (Å²) in [5.74, 6) is 0. The molecule has 3 nitrogen and oxygen atoms in total. The third-order valence-corrected chi connectivity index (χ3v) is 4.95. The van der Waals surface area contributed by atoms with Crippen LogP contribution in [0.25, 0.3) is 0 Å². The van der Waals surface area contributed by atoms with E-state index >= 15 is 0 Å². The Morgan fingerprint density at radius 3 is 2.55 bits per heavy atom. The molecule has 3 atom stereocenters. The minimum atomic E-state index is -0.995. The van der Waals surface area contributed by atoms with Crippen LogP contribution in [0.5, 0.6) is 0 Å². The standard InChI is InChI=1S/C17H21NO2/c1-12-9-17(19,10-13(2)20-12)16(11-18)8-7-14-5-3-4-6-15(14)16/h3-6,12-13,19H,7-10H2,1-2H3. The predicted molar refractivity (Wildman–Crippen MR) is 76.2 cm³/mol. The molecule has 1 N–H and O–H groups in total. The maximum absolute atomic E-state index is 11.3. The molecule has 0 saturated carbocycles. The minimum Gasteiger partial charge on any atom is -0.388 e. The molecular weight excluding hydrogens is 250 g/mol. The summed E-state index contributed by atoms with van der Waals surface area (Å²) in [6, 6.07) is 10.5. The van der Waals surface area contributed by atoms with Gasteiger partial charge in [0, 0.05) is 12.8 Å². The van der Waals surface area contributed by atoms with Crippen molar-refractivity contribution in [2.75, 3.05) is 0 Å². The first-order chi connectivity index (χ1) is 9.51. The Kier molecular flexibility index (Phi) is 3.12. The maximum atomic E-state index is 11.3. The fourth-order valence-electron chi connectivity index (χ4n) is 4.19. The Morgan fingerprint density at radius 1 is 1.25 bits per heavy atom. The number of fused-ring (bicyclic) bond motifs is 1. The van der Waals surface area contributed by atoms with Crippen LogP contribution in [0, 0.1) is 11.3 Å². The summed E-state index contributed by atoms with van der Waals surface area (Å²) in [4.78, 5) is 0. The van der Waals surface area contributed by atoms with Gasteiger partial charge in [0.05, 0.1) is 23.9 Å². The molecule has 3 rings (SSSR count). The highest BCUT2D eigenvalue weighted by molar-refractivity contribution is 5.47. The Hall–Kier alpha value is -1.37. The third kappa shape index (κ3) is 1.79. The fourth-order valence-corrected chi connectivity index (χ4v) is 4.19. The van der Waals surface area contributed by atoms with Crippen molar-refractivity contribution in [3.63, 3.8) is 0 Å². The number of ether oxygens (including phenoxy) is 1. The molecule has 1 heterocycles. The number of rotatable bonds is 1. The number of benzene rings is 1. The molecule has 0 bridgehead atoms. The third-order valence-electron chi connectivity index (χ3n) is 4.95. The second-order valence-corrected chi connectivity index (χ2v) is 6.37. The van der Waals surface area contributed by atoms with Crippen molar-refractivity contribution >= 4 is 0 Å². The lowest BCUT2D eigenvalue weighted by atomic mass is 9.63. The minimum absolute atomic E-state index is 0.0123. The van der Waals surface area contributed by atoms with Crippen molar-refractivity contribution in [2.45, 2.75) is 62.8 Å². The number of nitrogens with zero attached hydrogens (tertiary/aromatic N) is 1. The van der Waals surface area contributed by atoms with E-state index in [2.05, 4.69) is 12.1 Å². The molecule has 1 aromatic rings. The zero-order chi connectivity index (χ0) is 14.4. The lowest BCUT2D eigenvalue weighted by Gasteiger charge is -2.47. The highest BCUT2D eigenvalue weighted by Crippen LogP contribution is 2.51. The highest BCUT2D eigenvalue weighted by Gasteiger charge is 2.57. The van der Waals surface area contributed by atoms with Crippen LogP contribution in [0.3, 0.4) is 0 Å². The van der Waals surface area contributed by atoms with Gasteiger partial charge in [-0.2, -0.15) is 5.26 Å². The molecule has 106 valence electrons. The SMILES string of the molecule is CC1CC(O)(C2(C#N)CCc3ccccc32)CC(C)O1. The van der Waals surface area contributed by atoms with Crippen molar-refractivity contribution in [1.29, 1.82) is 5.26 Å². The molecule has 1 aromatic carbocycles. The van der Waals surface area contributed by atoms with Gasteiger partial charge in [-0.25, -0.2) is 0 Å². The monoisotopic (exact) mass is 271 g/mol. The highest BCUT2D eigenvalue weighted by atomic mass is 16.5. The van der Waals surface area contributed by atoms with E-state index in [-0.39, 0.29) is 12.2 Å². The molecule has 20 heavy (non-hydrogen) atoms. The summed E-state index contributed by atoms with van der Waals surface area (Å²) in [7, 11) is 0. The van der Waals surface area contributed by atoms with Gasteiger partial charge in [-0.3, -0.25) is 0 Å². The first-order valence-corrected chi connectivity index (χ1v) is 7.38. The lowest BCUT2D eigenvalue weighted by Crippen LogP contribution is -2.56. The van der Waals surface area contributed by atoms with E-state index in [0.717, 1.165) is 12.0 Å². The van der Waals surface area contributed by atoms with E-state index in [1.165, 1.54) is 5.56 Å². The van der Waals surface area contributed by atoms with Crippen molar-refractivity contribution in [3.05, 3.63) is 35.4 Å². The largest absolute Gasteiger partial charge is 0.388 e. The Bertz CT molecular complexity index is 552. The summed E-state index contributed by atoms with van der Waals surface area (Å²) in [6.07, 6.45) is 2.61. The van der Waals surface area contributed by atoms with Crippen LogP contribution >= 0.6 is 0 Å². The van der Waals surface area contributed by atoms with Crippen molar-refractivity contribution in [1.82, 2.24) is 0 Å². The van der Waals surface area contributed by atoms with E-state index in [0.29, 0.717) is 19.3 Å². The molecule has 3 unspecified atom stereocenters. The van der Waals surface area contributed by atoms with Crippen molar-refractivity contribution in [2.24, 2.45) is 0 Å². The van der Waals surface area contributed by atoms with Gasteiger partial charge < -0.3 is 9.84 Å². The smallest absolute Gasteiger partial charge is 0.112 e. The molecule has 1 saturated heterocycles. The van der Waals surface area contributed by atoms with Gasteiger partial charge in [0.1, 0.15) is 5.41 Å². The maximum Gasteiger partial charge on any atom is 0.112 e. The summed E-state index contributed by atoms with van der Waals surface area (Å²) in [5.41, 5.74) is 0.446. The summed E-state index contributed by atoms with van der Waals surface area (Å²) < 4.78 is 5.75. The predicted octanol–water partition coefficient (Wildman–Crippen LogP) is 2.71. The molecule has 0 amide bonds. The van der Waals surface area contributed by atoms with Crippen molar-refractivity contribution < 1.29 is 9.84 Å². The van der Waals surface area contributed by atoms with E-state index < -0.39 is 11.0 Å². The van der Waals surface area contributed by atoms with Crippen molar-refractivity contribution in [3.8, 4) is 6.07 Å². The number of hydrogen-bond donors (Lipinski definition) is 1. The van der Waals surface area contributed by atoms with E-state index in [9.17, 15) is 10.4 Å². The molecule has 1 aliphatic carbocycles. The molecule has 0 radical (unpaired) electrons. The number of aliphatic hydroxyl groups is 1. The first-order valence-electron chi connectivity index (χ1n) is 7.38. The molecule has 0 spiro atoms.